The molecule has 2 saturated heterocycles. The summed E-state index contributed by atoms with van der Waals surface area (Å²) in [5.41, 5.74) is 0.221. The molecule has 4 aliphatic rings. The quantitative estimate of drug-likeness (QED) is 0.756. The SMILES string of the molecule is CC(C)(C)C(=O)N1CCC[C@]2(C1)CN(C1CC3(CCCCC3)C1)CC[C@H]2O. The third kappa shape index (κ3) is 3.69. The maximum Gasteiger partial charge on any atom is 0.227 e. The van der Waals surface area contributed by atoms with Gasteiger partial charge < -0.3 is 10.0 Å². The van der Waals surface area contributed by atoms with Crippen LogP contribution >= 0.6 is 0 Å². The van der Waals surface area contributed by atoms with Crippen LogP contribution in [0.25, 0.3) is 0 Å². The second kappa shape index (κ2) is 7.02. The van der Waals surface area contributed by atoms with E-state index >= 15 is 0 Å². The Morgan fingerprint density at radius 3 is 2.33 bits per heavy atom. The lowest BCUT2D eigenvalue weighted by Gasteiger charge is -2.59. The molecule has 0 bridgehead atoms. The van der Waals surface area contributed by atoms with Gasteiger partial charge in [-0.25, -0.2) is 0 Å². The van der Waals surface area contributed by atoms with Gasteiger partial charge in [0.25, 0.3) is 0 Å². The van der Waals surface area contributed by atoms with Crippen LogP contribution in [0.5, 0.6) is 0 Å². The first-order chi connectivity index (χ1) is 12.7. The molecule has 0 aromatic heterocycles. The van der Waals surface area contributed by atoms with Gasteiger partial charge in [0, 0.05) is 43.1 Å². The molecule has 2 atom stereocenters. The Labute approximate surface area is 165 Å². The number of nitrogens with zero attached hydrogens (tertiary/aromatic N) is 2. The van der Waals surface area contributed by atoms with Crippen molar-refractivity contribution >= 4 is 5.91 Å². The number of carbonyl (C=O) groups excluding carboxylic acids is 1. The van der Waals surface area contributed by atoms with Crippen LogP contribution in [-0.4, -0.2) is 59.1 Å². The van der Waals surface area contributed by atoms with Gasteiger partial charge in [0.15, 0.2) is 0 Å². The molecular weight excluding hydrogens is 336 g/mol. The summed E-state index contributed by atoms with van der Waals surface area (Å²) < 4.78 is 0. The number of likely N-dealkylation sites (tertiary alicyclic amines) is 2. The molecule has 154 valence electrons. The topological polar surface area (TPSA) is 43.8 Å². The van der Waals surface area contributed by atoms with Crippen molar-refractivity contribution in [2.24, 2.45) is 16.2 Å². The highest BCUT2D eigenvalue weighted by Gasteiger charge is 2.52. The summed E-state index contributed by atoms with van der Waals surface area (Å²) in [6.07, 6.45) is 12.7. The summed E-state index contributed by atoms with van der Waals surface area (Å²) in [4.78, 5) is 17.6. The molecule has 0 unspecified atom stereocenters. The van der Waals surface area contributed by atoms with Gasteiger partial charge >= 0.3 is 0 Å². The van der Waals surface area contributed by atoms with Crippen LogP contribution in [0.15, 0.2) is 0 Å². The molecule has 0 aromatic rings. The molecule has 4 heteroatoms. The maximum absolute atomic E-state index is 12.9. The van der Waals surface area contributed by atoms with Gasteiger partial charge in [-0.2, -0.15) is 0 Å². The van der Waals surface area contributed by atoms with Crippen LogP contribution in [0.1, 0.15) is 85.0 Å². The smallest absolute Gasteiger partial charge is 0.227 e. The minimum absolute atomic E-state index is 0.104. The summed E-state index contributed by atoms with van der Waals surface area (Å²) in [5, 5.41) is 11.0. The highest BCUT2D eigenvalue weighted by atomic mass is 16.3. The summed E-state index contributed by atoms with van der Waals surface area (Å²) in [6.45, 7) is 9.67. The van der Waals surface area contributed by atoms with E-state index in [2.05, 4.69) is 9.80 Å². The molecule has 1 amide bonds. The minimum atomic E-state index is -0.334. The number of amides is 1. The van der Waals surface area contributed by atoms with Gasteiger partial charge in [-0.15, -0.1) is 0 Å². The lowest BCUT2D eigenvalue weighted by molar-refractivity contribution is -0.153. The Balaban J connectivity index is 1.42. The Morgan fingerprint density at radius 2 is 1.67 bits per heavy atom. The second-order valence-electron chi connectivity index (χ2n) is 11.3. The summed E-state index contributed by atoms with van der Waals surface area (Å²) in [5.74, 6) is 0.246. The van der Waals surface area contributed by atoms with Gasteiger partial charge in [-0.3, -0.25) is 9.69 Å². The zero-order chi connectivity index (χ0) is 19.3. The van der Waals surface area contributed by atoms with E-state index < -0.39 is 0 Å². The summed E-state index contributed by atoms with van der Waals surface area (Å²) >= 11 is 0. The lowest BCUT2D eigenvalue weighted by Crippen LogP contribution is -2.64. The molecule has 0 radical (unpaired) electrons. The maximum atomic E-state index is 12.9. The van der Waals surface area contributed by atoms with E-state index in [1.807, 2.05) is 20.8 Å². The van der Waals surface area contributed by atoms with E-state index in [1.165, 1.54) is 44.9 Å². The lowest BCUT2D eigenvalue weighted by atomic mass is 9.57. The second-order valence-corrected chi connectivity index (χ2v) is 11.3. The van der Waals surface area contributed by atoms with Gasteiger partial charge in [-0.1, -0.05) is 40.0 Å². The molecule has 4 nitrogen and oxygen atoms in total. The number of hydrogen-bond donors (Lipinski definition) is 1. The average Bonchev–Trinajstić information content (AvgIpc) is 2.61. The minimum Gasteiger partial charge on any atom is -0.392 e. The highest BCUT2D eigenvalue weighted by molar-refractivity contribution is 5.81. The zero-order valence-corrected chi connectivity index (χ0v) is 17.8. The summed E-state index contributed by atoms with van der Waals surface area (Å²) in [7, 11) is 0. The van der Waals surface area contributed by atoms with Crippen molar-refractivity contribution in [3.63, 3.8) is 0 Å². The van der Waals surface area contributed by atoms with Crippen LogP contribution in [0.2, 0.25) is 0 Å². The van der Waals surface area contributed by atoms with E-state index in [0.717, 1.165) is 51.5 Å². The number of aliphatic hydroxyl groups excluding tert-OH is 1. The molecule has 2 saturated carbocycles. The van der Waals surface area contributed by atoms with Crippen LogP contribution in [0.4, 0.5) is 0 Å². The van der Waals surface area contributed by atoms with Gasteiger partial charge in [0.05, 0.1) is 6.10 Å². The average molecular weight is 377 g/mol. The number of rotatable bonds is 1. The number of piperidine rings is 2. The van der Waals surface area contributed by atoms with Crippen LogP contribution in [0.3, 0.4) is 0 Å². The van der Waals surface area contributed by atoms with E-state index in [4.69, 9.17) is 0 Å². The van der Waals surface area contributed by atoms with Crippen molar-refractivity contribution in [3.05, 3.63) is 0 Å². The molecule has 4 fully saturated rings. The zero-order valence-electron chi connectivity index (χ0n) is 17.8. The van der Waals surface area contributed by atoms with Gasteiger partial charge in [0.2, 0.25) is 5.91 Å². The standard InChI is InChI=1S/C23H40N2O2/c1-21(2,3)20(27)25-12-7-11-23(17-25)16-24(13-8-19(23)26)18-14-22(15-18)9-5-4-6-10-22/h18-19,26H,4-17H2,1-3H3/t19-,23-/m1/s1. The van der Waals surface area contributed by atoms with Crippen LogP contribution in [-0.2, 0) is 4.79 Å². The predicted octanol–water partition coefficient (Wildman–Crippen LogP) is 3.82. The van der Waals surface area contributed by atoms with Gasteiger partial charge in [-0.05, 0) is 50.4 Å². The molecule has 2 aliphatic carbocycles. The first-order valence-electron chi connectivity index (χ1n) is 11.4. The predicted molar refractivity (Wildman–Crippen MR) is 108 cm³/mol. The largest absolute Gasteiger partial charge is 0.392 e. The van der Waals surface area contributed by atoms with E-state index in [9.17, 15) is 9.90 Å². The molecule has 0 aromatic carbocycles. The molecule has 1 N–H and O–H groups in total. The molecule has 2 aliphatic heterocycles. The molecule has 2 heterocycles. The van der Waals surface area contributed by atoms with Crippen molar-refractivity contribution in [3.8, 4) is 0 Å². The molecular formula is C23H40N2O2. The van der Waals surface area contributed by atoms with Crippen LogP contribution in [0, 0.1) is 16.2 Å². The van der Waals surface area contributed by atoms with Crippen molar-refractivity contribution in [1.82, 2.24) is 9.80 Å². The fraction of sp³-hybridized carbons (Fsp3) is 0.957. The fourth-order valence-electron chi connectivity index (χ4n) is 6.61. The van der Waals surface area contributed by atoms with Crippen molar-refractivity contribution < 1.29 is 9.90 Å². The Morgan fingerprint density at radius 1 is 0.963 bits per heavy atom. The third-order valence-electron chi connectivity index (χ3n) is 8.22. The van der Waals surface area contributed by atoms with E-state index in [1.54, 1.807) is 0 Å². The van der Waals surface area contributed by atoms with E-state index in [-0.39, 0.29) is 22.8 Å². The van der Waals surface area contributed by atoms with Crippen molar-refractivity contribution in [2.45, 2.75) is 97.1 Å². The third-order valence-corrected chi connectivity index (χ3v) is 8.22. The number of hydrogen-bond acceptors (Lipinski definition) is 3. The molecule has 4 rings (SSSR count). The Hall–Kier alpha value is -0.610. The highest BCUT2D eigenvalue weighted by Crippen LogP contribution is 2.54. The normalized spacial score (nSPS) is 35.4. The summed E-state index contributed by atoms with van der Waals surface area (Å²) in [6, 6.07) is 0.723. The van der Waals surface area contributed by atoms with Crippen LogP contribution < -0.4 is 0 Å². The molecule has 27 heavy (non-hydrogen) atoms. The Bertz CT molecular complexity index is 555. The first-order valence-corrected chi connectivity index (χ1v) is 11.4. The van der Waals surface area contributed by atoms with E-state index in [0.29, 0.717) is 5.41 Å². The van der Waals surface area contributed by atoms with Gasteiger partial charge in [0.1, 0.15) is 0 Å². The first kappa shape index (κ1) is 19.7. The number of aliphatic hydroxyl groups is 1. The Kier molecular flexibility index (Phi) is 5.12. The fourth-order valence-corrected chi connectivity index (χ4v) is 6.61. The van der Waals surface area contributed by atoms with Crippen molar-refractivity contribution in [2.75, 3.05) is 26.2 Å². The van der Waals surface area contributed by atoms with Crippen molar-refractivity contribution in [1.29, 1.82) is 0 Å². The number of carbonyl (C=O) groups is 1. The monoisotopic (exact) mass is 376 g/mol. The molecule has 2 spiro atoms.